The molecule has 0 aromatic heterocycles. The van der Waals surface area contributed by atoms with Gasteiger partial charge in [-0.15, -0.1) is 0 Å². The van der Waals surface area contributed by atoms with E-state index < -0.39 is 55.0 Å². The highest BCUT2D eigenvalue weighted by atomic mass is 35.5. The molecule has 2 saturated heterocycles. The Morgan fingerprint density at radius 2 is 1.19 bits per heavy atom. The number of nitrogens with one attached hydrogen (secondary N) is 2. The largest absolute Gasteiger partial charge is 0.396 e. The molecule has 366 valence electrons. The van der Waals surface area contributed by atoms with E-state index in [-0.39, 0.29) is 88.0 Å². The van der Waals surface area contributed by atoms with Crippen LogP contribution in [0.3, 0.4) is 0 Å². The maximum absolute atomic E-state index is 15.2. The lowest BCUT2D eigenvalue weighted by Crippen LogP contribution is -2.51. The number of piperidine rings is 2. The van der Waals surface area contributed by atoms with Crippen LogP contribution in [0.1, 0.15) is 104 Å². The van der Waals surface area contributed by atoms with E-state index in [0.29, 0.717) is 78.3 Å². The Balaban J connectivity index is 1.14. The van der Waals surface area contributed by atoms with Crippen molar-refractivity contribution in [3.8, 4) is 0 Å². The Morgan fingerprint density at radius 1 is 0.647 bits per heavy atom. The Kier molecular flexibility index (Phi) is 15.9. The third-order valence-electron chi connectivity index (χ3n) is 14.3. The summed E-state index contributed by atoms with van der Waals surface area (Å²) in [5.41, 5.74) is 3.91. The summed E-state index contributed by atoms with van der Waals surface area (Å²) in [4.78, 5) is 27.3. The summed E-state index contributed by atoms with van der Waals surface area (Å²) in [6.45, 7) is 1.96. The molecular formula is C49H56Cl4N4O9S2. The zero-order valence-electron chi connectivity index (χ0n) is 37.5. The number of carbonyl (C=O) groups is 2. The fraction of sp³-hybridized carbons (Fsp3) is 0.469. The molecule has 13 nitrogen and oxygen atoms in total. The number of amides is 2. The Labute approximate surface area is 418 Å². The zero-order chi connectivity index (χ0) is 48.7. The van der Waals surface area contributed by atoms with E-state index >= 15 is 8.42 Å². The van der Waals surface area contributed by atoms with E-state index in [1.54, 1.807) is 71.0 Å². The SMILES string of the molecule is CC1CCN(S(=O)(=O)C2C[C@H](CO)Cc3c(C[C@H]4CC[C@H](CO)N(S(=O)(=O)C5C[C@H](CO)Cc6ccc(NC(=O)c7c(Cl)cccc7Cl)cc65)C4)cc(NC(=O)c4c(Cl)cccc4Cl)cc32)CC1. The van der Waals surface area contributed by atoms with Gasteiger partial charge in [0.15, 0.2) is 0 Å². The summed E-state index contributed by atoms with van der Waals surface area (Å²) >= 11 is 25.6. The number of carbonyl (C=O) groups excluding carboxylic acids is 2. The van der Waals surface area contributed by atoms with Gasteiger partial charge in [0.05, 0.1) is 37.8 Å². The highest BCUT2D eigenvalue weighted by Crippen LogP contribution is 2.46. The number of hydrogen-bond donors (Lipinski definition) is 5. The van der Waals surface area contributed by atoms with Crippen LogP contribution < -0.4 is 10.6 Å². The molecule has 0 radical (unpaired) electrons. The summed E-state index contributed by atoms with van der Waals surface area (Å²) in [5.74, 6) is -1.86. The minimum atomic E-state index is -4.27. The standard InChI is InChI=1S/C49H56Cl4N4O9S2/c1-28-12-14-56(15-13-28)67(63,64)45-20-31(26-59)18-37-33(21-35(23-39(37)45)55-49(62)47-42(52)6-3-7-43(47)53)16-29-8-11-36(27-60)57(24-29)68(65,66)44-19-30(25-58)17-32-9-10-34(22-38(32)44)54-48(61)46-40(50)4-2-5-41(46)51/h2-7,9-10,21-23,28-31,36,44-45,58-60H,8,11-20,24-27H2,1H3,(H,54,61)(H,55,62)/t29-,30-,31-,36-,44?,45?/m1/s1. The zero-order valence-corrected chi connectivity index (χ0v) is 42.2. The maximum Gasteiger partial charge on any atom is 0.258 e. The third-order valence-corrected chi connectivity index (χ3v) is 20.1. The Morgan fingerprint density at radius 3 is 1.76 bits per heavy atom. The van der Waals surface area contributed by atoms with Gasteiger partial charge in [0.25, 0.3) is 11.8 Å². The van der Waals surface area contributed by atoms with Gasteiger partial charge in [-0.25, -0.2) is 21.1 Å². The maximum atomic E-state index is 15.2. The molecule has 5 N–H and O–H groups in total. The lowest BCUT2D eigenvalue weighted by atomic mass is 9.78. The average Bonchev–Trinajstić information content (AvgIpc) is 3.30. The number of fused-ring (bicyclic) bond motifs is 2. The van der Waals surface area contributed by atoms with Crippen molar-refractivity contribution >= 4 is 89.6 Å². The first-order valence-electron chi connectivity index (χ1n) is 23.0. The third kappa shape index (κ3) is 10.5. The molecule has 4 aromatic carbocycles. The number of anilines is 2. The van der Waals surface area contributed by atoms with Gasteiger partial charge < -0.3 is 26.0 Å². The van der Waals surface area contributed by atoms with Crippen LogP contribution in [0, 0.1) is 23.7 Å². The molecule has 0 spiro atoms. The molecule has 19 heteroatoms. The van der Waals surface area contributed by atoms with Crippen molar-refractivity contribution in [3.63, 3.8) is 0 Å². The molecule has 2 heterocycles. The summed E-state index contributed by atoms with van der Waals surface area (Å²) in [6, 6.07) is 17.2. The molecule has 4 aliphatic rings. The topological polar surface area (TPSA) is 194 Å². The predicted octanol–water partition coefficient (Wildman–Crippen LogP) is 8.70. The summed E-state index contributed by atoms with van der Waals surface area (Å²) in [7, 11) is -8.21. The second-order valence-electron chi connectivity index (χ2n) is 18.9. The highest BCUT2D eigenvalue weighted by Gasteiger charge is 2.45. The van der Waals surface area contributed by atoms with Crippen molar-refractivity contribution in [1.82, 2.24) is 8.61 Å². The second-order valence-corrected chi connectivity index (χ2v) is 24.7. The Bertz CT molecular complexity index is 2750. The minimum Gasteiger partial charge on any atom is -0.396 e. The van der Waals surface area contributed by atoms with E-state index in [1.807, 2.05) is 0 Å². The number of hydrogen-bond acceptors (Lipinski definition) is 9. The van der Waals surface area contributed by atoms with Gasteiger partial charge in [-0.3, -0.25) is 9.59 Å². The van der Waals surface area contributed by atoms with Gasteiger partial charge in [-0.05, 0) is 158 Å². The van der Waals surface area contributed by atoms with Crippen LogP contribution in [0.2, 0.25) is 20.1 Å². The summed E-state index contributed by atoms with van der Waals surface area (Å²) in [5, 5.41) is 35.9. The van der Waals surface area contributed by atoms with Crippen molar-refractivity contribution in [1.29, 1.82) is 0 Å². The van der Waals surface area contributed by atoms with E-state index in [4.69, 9.17) is 46.4 Å². The second kappa shape index (κ2) is 21.2. The molecular weight excluding hydrogens is 995 g/mol. The number of benzene rings is 4. The van der Waals surface area contributed by atoms with Gasteiger partial charge in [0, 0.05) is 50.3 Å². The van der Waals surface area contributed by atoms with Crippen LogP contribution in [-0.2, 0) is 39.3 Å². The molecule has 2 aliphatic carbocycles. The first-order valence-corrected chi connectivity index (χ1v) is 27.6. The van der Waals surface area contributed by atoms with Crippen molar-refractivity contribution in [2.24, 2.45) is 23.7 Å². The highest BCUT2D eigenvalue weighted by molar-refractivity contribution is 7.89. The van der Waals surface area contributed by atoms with Gasteiger partial charge in [-0.1, -0.05) is 71.5 Å². The van der Waals surface area contributed by atoms with Crippen LogP contribution in [0.15, 0.2) is 66.7 Å². The average molecular weight is 1050 g/mol. The number of aliphatic hydroxyl groups is 3. The van der Waals surface area contributed by atoms with Gasteiger partial charge >= 0.3 is 0 Å². The van der Waals surface area contributed by atoms with E-state index in [9.17, 15) is 33.3 Å². The first kappa shape index (κ1) is 51.0. The molecule has 8 rings (SSSR count). The minimum absolute atomic E-state index is 0.0162. The van der Waals surface area contributed by atoms with Gasteiger partial charge in [0.1, 0.15) is 10.5 Å². The lowest BCUT2D eigenvalue weighted by Gasteiger charge is -2.42. The van der Waals surface area contributed by atoms with Crippen LogP contribution >= 0.6 is 46.4 Å². The van der Waals surface area contributed by atoms with Crippen LogP contribution in [0.5, 0.6) is 0 Å². The van der Waals surface area contributed by atoms with Gasteiger partial charge in [-0.2, -0.15) is 4.31 Å². The molecule has 4 aromatic rings. The van der Waals surface area contributed by atoms with Crippen LogP contribution in [-0.4, -0.2) is 98.1 Å². The molecule has 0 bridgehead atoms. The molecule has 68 heavy (non-hydrogen) atoms. The van der Waals surface area contributed by atoms with E-state index in [2.05, 4.69) is 17.6 Å². The molecule has 2 unspecified atom stereocenters. The smallest absolute Gasteiger partial charge is 0.258 e. The monoisotopic (exact) mass is 1050 g/mol. The molecule has 6 atom stereocenters. The van der Waals surface area contributed by atoms with E-state index in [1.165, 1.54) is 4.31 Å². The molecule has 2 aliphatic heterocycles. The summed E-state index contributed by atoms with van der Waals surface area (Å²) < 4.78 is 62.7. The van der Waals surface area contributed by atoms with Crippen molar-refractivity contribution in [2.45, 2.75) is 81.3 Å². The molecule has 2 amide bonds. The summed E-state index contributed by atoms with van der Waals surface area (Å²) in [6.07, 6.45) is 3.64. The number of halogens is 4. The number of rotatable bonds is 13. The van der Waals surface area contributed by atoms with Crippen molar-refractivity contribution in [2.75, 3.05) is 50.1 Å². The Hall–Kier alpha value is -3.32. The number of aliphatic hydroxyl groups excluding tert-OH is 3. The lowest BCUT2D eigenvalue weighted by molar-refractivity contribution is 0.101. The number of nitrogens with zero attached hydrogens (tertiary/aromatic N) is 2. The van der Waals surface area contributed by atoms with Crippen molar-refractivity contribution < 1.29 is 41.7 Å². The fourth-order valence-electron chi connectivity index (χ4n) is 10.6. The molecule has 2 fully saturated rings. The number of sulfonamides is 2. The van der Waals surface area contributed by atoms with E-state index in [0.717, 1.165) is 18.4 Å². The molecule has 0 saturated carbocycles. The van der Waals surface area contributed by atoms with Gasteiger partial charge in [0.2, 0.25) is 20.0 Å². The van der Waals surface area contributed by atoms with Crippen molar-refractivity contribution in [3.05, 3.63) is 126 Å². The fourth-order valence-corrected chi connectivity index (χ4v) is 16.3. The quantitative estimate of drug-likeness (QED) is 0.0871. The normalized spacial score (nSPS) is 23.9. The van der Waals surface area contributed by atoms with Crippen LogP contribution in [0.25, 0.3) is 0 Å². The van der Waals surface area contributed by atoms with Crippen LogP contribution in [0.4, 0.5) is 11.4 Å². The first-order chi connectivity index (χ1) is 32.4. The predicted molar refractivity (Wildman–Crippen MR) is 267 cm³/mol.